The summed E-state index contributed by atoms with van der Waals surface area (Å²) in [6.45, 7) is 1.97. The van der Waals surface area contributed by atoms with Gasteiger partial charge in [-0.2, -0.15) is 0 Å². The van der Waals surface area contributed by atoms with Crippen molar-refractivity contribution in [2.24, 2.45) is 0 Å². The van der Waals surface area contributed by atoms with Crippen LogP contribution in [0.1, 0.15) is 39.9 Å². The number of aliphatic hydroxyl groups excluding tert-OH is 1. The Morgan fingerprint density at radius 3 is 2.94 bits per heavy atom. The fourth-order valence-corrected chi connectivity index (χ4v) is 3.27. The normalized spacial score (nSPS) is 15.7. The molecule has 1 aliphatic carbocycles. The van der Waals surface area contributed by atoms with E-state index in [9.17, 15) is 5.11 Å². The molecule has 1 aromatic heterocycles. The Morgan fingerprint density at radius 2 is 2.17 bits per heavy atom. The van der Waals surface area contributed by atoms with Gasteiger partial charge in [0.25, 0.3) is 0 Å². The minimum absolute atomic E-state index is 0.477. The third-order valence-corrected chi connectivity index (χ3v) is 4.36. The molecule has 3 rings (SSSR count). The van der Waals surface area contributed by atoms with Gasteiger partial charge in [-0.1, -0.05) is 18.2 Å². The van der Waals surface area contributed by atoms with Crippen LogP contribution in [0.5, 0.6) is 0 Å². The fraction of sp³-hybridized carbons (Fsp3) is 0.400. The number of fused-ring (bicyclic) bond motifs is 1. The zero-order chi connectivity index (χ0) is 12.5. The second kappa shape index (κ2) is 4.82. The molecule has 1 heterocycles. The van der Waals surface area contributed by atoms with E-state index in [0.717, 1.165) is 10.7 Å². The van der Waals surface area contributed by atoms with Crippen molar-refractivity contribution in [3.8, 4) is 0 Å². The van der Waals surface area contributed by atoms with E-state index in [1.807, 2.05) is 12.3 Å². The summed E-state index contributed by atoms with van der Waals surface area (Å²) in [5.41, 5.74) is 4.97. The molecule has 3 heteroatoms. The van der Waals surface area contributed by atoms with Gasteiger partial charge in [-0.05, 0) is 42.9 Å². The van der Waals surface area contributed by atoms with Crippen LogP contribution in [-0.4, -0.2) is 10.1 Å². The van der Waals surface area contributed by atoms with E-state index in [0.29, 0.717) is 6.42 Å². The second-order valence-electron chi connectivity index (χ2n) is 4.97. The Hall–Kier alpha value is -1.19. The third kappa shape index (κ3) is 2.33. The van der Waals surface area contributed by atoms with Crippen molar-refractivity contribution >= 4 is 11.3 Å². The molecule has 2 nitrogen and oxygen atoms in total. The molecule has 1 unspecified atom stereocenters. The molecule has 1 N–H and O–H groups in total. The Labute approximate surface area is 111 Å². The third-order valence-electron chi connectivity index (χ3n) is 3.57. The molecule has 1 aromatic carbocycles. The highest BCUT2D eigenvalue weighted by atomic mass is 32.1. The number of hydrogen-bond donors (Lipinski definition) is 1. The van der Waals surface area contributed by atoms with Gasteiger partial charge in [0.2, 0.25) is 0 Å². The van der Waals surface area contributed by atoms with Gasteiger partial charge in [-0.25, -0.2) is 4.98 Å². The van der Waals surface area contributed by atoms with Crippen LogP contribution < -0.4 is 0 Å². The highest BCUT2D eigenvalue weighted by molar-refractivity contribution is 7.09. The van der Waals surface area contributed by atoms with Crippen molar-refractivity contribution < 1.29 is 5.11 Å². The number of aliphatic hydroxyl groups is 1. The lowest BCUT2D eigenvalue weighted by atomic mass is 10.0. The van der Waals surface area contributed by atoms with Crippen molar-refractivity contribution in [1.82, 2.24) is 4.98 Å². The van der Waals surface area contributed by atoms with Crippen LogP contribution in [0.3, 0.4) is 0 Å². The van der Waals surface area contributed by atoms with Crippen LogP contribution in [0.25, 0.3) is 0 Å². The number of hydrogen-bond acceptors (Lipinski definition) is 3. The molecule has 1 atom stereocenters. The van der Waals surface area contributed by atoms with Crippen molar-refractivity contribution in [3.05, 3.63) is 51.0 Å². The van der Waals surface area contributed by atoms with Gasteiger partial charge < -0.3 is 5.11 Å². The average molecular weight is 259 g/mol. The molecular formula is C15H17NOS. The monoisotopic (exact) mass is 259 g/mol. The van der Waals surface area contributed by atoms with E-state index in [1.165, 1.54) is 36.0 Å². The molecule has 0 bridgehead atoms. The van der Waals surface area contributed by atoms with Gasteiger partial charge >= 0.3 is 0 Å². The molecule has 2 aromatic rings. The predicted molar refractivity (Wildman–Crippen MR) is 74.0 cm³/mol. The largest absolute Gasteiger partial charge is 0.386 e. The van der Waals surface area contributed by atoms with Crippen molar-refractivity contribution in [2.45, 2.75) is 38.7 Å². The maximum atomic E-state index is 10.2. The molecule has 0 spiro atoms. The maximum absolute atomic E-state index is 10.2. The summed E-state index contributed by atoms with van der Waals surface area (Å²) < 4.78 is 0. The van der Waals surface area contributed by atoms with Gasteiger partial charge in [0, 0.05) is 11.8 Å². The van der Waals surface area contributed by atoms with E-state index in [2.05, 4.69) is 23.2 Å². The molecular weight excluding hydrogens is 242 g/mol. The average Bonchev–Trinajstić information content (AvgIpc) is 2.96. The van der Waals surface area contributed by atoms with Crippen LogP contribution in [-0.2, 0) is 19.3 Å². The first kappa shape index (κ1) is 11.9. The lowest BCUT2D eigenvalue weighted by Gasteiger charge is -2.09. The summed E-state index contributed by atoms with van der Waals surface area (Å²) in [5, 5.41) is 13.1. The zero-order valence-corrected chi connectivity index (χ0v) is 11.3. The Kier molecular flexibility index (Phi) is 3.18. The summed E-state index contributed by atoms with van der Waals surface area (Å²) >= 11 is 1.59. The molecule has 0 fully saturated rings. The molecule has 94 valence electrons. The quantitative estimate of drug-likeness (QED) is 0.918. The van der Waals surface area contributed by atoms with E-state index in [4.69, 9.17) is 0 Å². The topological polar surface area (TPSA) is 33.1 Å². The van der Waals surface area contributed by atoms with E-state index >= 15 is 0 Å². The Bertz CT molecular complexity index is 561. The smallest absolute Gasteiger partial charge is 0.101 e. The Balaban J connectivity index is 1.76. The molecule has 0 aliphatic heterocycles. The van der Waals surface area contributed by atoms with Crippen LogP contribution in [0.4, 0.5) is 0 Å². The van der Waals surface area contributed by atoms with E-state index < -0.39 is 6.10 Å². The SMILES string of the molecule is Cc1nc(C(O)Cc2ccc3c(c2)CCC3)cs1. The van der Waals surface area contributed by atoms with Crippen LogP contribution >= 0.6 is 11.3 Å². The van der Waals surface area contributed by atoms with Crippen LogP contribution in [0, 0.1) is 6.92 Å². The first-order valence-electron chi connectivity index (χ1n) is 6.43. The summed E-state index contributed by atoms with van der Waals surface area (Å²) in [4.78, 5) is 4.35. The highest BCUT2D eigenvalue weighted by Crippen LogP contribution is 2.26. The van der Waals surface area contributed by atoms with Gasteiger partial charge in [0.1, 0.15) is 6.10 Å². The van der Waals surface area contributed by atoms with E-state index in [-0.39, 0.29) is 0 Å². The first-order chi connectivity index (χ1) is 8.72. The lowest BCUT2D eigenvalue weighted by molar-refractivity contribution is 0.174. The predicted octanol–water partition coefficient (Wildman–Crippen LogP) is 3.22. The van der Waals surface area contributed by atoms with Gasteiger partial charge in [0.15, 0.2) is 0 Å². The summed E-state index contributed by atoms with van der Waals surface area (Å²) in [6, 6.07) is 6.62. The van der Waals surface area contributed by atoms with Crippen molar-refractivity contribution in [3.63, 3.8) is 0 Å². The minimum Gasteiger partial charge on any atom is -0.386 e. The molecule has 0 saturated heterocycles. The van der Waals surface area contributed by atoms with E-state index in [1.54, 1.807) is 11.3 Å². The van der Waals surface area contributed by atoms with Crippen molar-refractivity contribution in [1.29, 1.82) is 0 Å². The Morgan fingerprint density at radius 1 is 1.33 bits per heavy atom. The number of thiazole rings is 1. The number of benzene rings is 1. The maximum Gasteiger partial charge on any atom is 0.101 e. The van der Waals surface area contributed by atoms with Crippen LogP contribution in [0.15, 0.2) is 23.6 Å². The summed E-state index contributed by atoms with van der Waals surface area (Å²) in [6.07, 6.45) is 3.86. The standard InChI is InChI=1S/C15H17NOS/c1-10-16-14(9-18-10)15(17)8-11-5-6-12-3-2-4-13(12)7-11/h5-7,9,15,17H,2-4,8H2,1H3. The minimum atomic E-state index is -0.477. The lowest BCUT2D eigenvalue weighted by Crippen LogP contribution is -2.03. The van der Waals surface area contributed by atoms with Gasteiger partial charge in [-0.3, -0.25) is 0 Å². The molecule has 1 aliphatic rings. The summed E-state index contributed by atoms with van der Waals surface area (Å²) in [7, 11) is 0. The van der Waals surface area contributed by atoms with Gasteiger partial charge in [-0.15, -0.1) is 11.3 Å². The molecule has 0 radical (unpaired) electrons. The second-order valence-corrected chi connectivity index (χ2v) is 6.03. The molecule has 0 saturated carbocycles. The highest BCUT2D eigenvalue weighted by Gasteiger charge is 2.15. The van der Waals surface area contributed by atoms with Crippen molar-refractivity contribution in [2.75, 3.05) is 0 Å². The number of nitrogens with zero attached hydrogens (tertiary/aromatic N) is 1. The fourth-order valence-electron chi connectivity index (χ4n) is 2.61. The summed E-state index contributed by atoms with van der Waals surface area (Å²) in [5.74, 6) is 0. The van der Waals surface area contributed by atoms with Gasteiger partial charge in [0.05, 0.1) is 10.7 Å². The zero-order valence-electron chi connectivity index (χ0n) is 10.5. The number of rotatable bonds is 3. The van der Waals surface area contributed by atoms with Crippen LogP contribution in [0.2, 0.25) is 0 Å². The molecule has 18 heavy (non-hydrogen) atoms. The first-order valence-corrected chi connectivity index (χ1v) is 7.31. The number of aryl methyl sites for hydroxylation is 3. The number of aromatic nitrogens is 1. The molecule has 0 amide bonds.